The number of hydrogen-bond donors (Lipinski definition) is 2. The Labute approximate surface area is 150 Å². The zero-order chi connectivity index (χ0) is 17.9. The van der Waals surface area contributed by atoms with Gasteiger partial charge < -0.3 is 14.8 Å². The van der Waals surface area contributed by atoms with E-state index in [1.807, 2.05) is 42.5 Å². The van der Waals surface area contributed by atoms with E-state index in [4.69, 9.17) is 4.42 Å². The first-order chi connectivity index (χ1) is 12.7. The molecule has 0 aliphatic heterocycles. The third-order valence-electron chi connectivity index (χ3n) is 4.29. The molecule has 0 saturated heterocycles. The van der Waals surface area contributed by atoms with Crippen LogP contribution in [0, 0.1) is 0 Å². The van der Waals surface area contributed by atoms with Crippen LogP contribution in [0.5, 0.6) is 5.75 Å². The molecule has 1 heterocycles. The second kappa shape index (κ2) is 6.76. The van der Waals surface area contributed by atoms with Gasteiger partial charge in [-0.3, -0.25) is 4.79 Å². The summed E-state index contributed by atoms with van der Waals surface area (Å²) in [5.41, 5.74) is 3.73. The van der Waals surface area contributed by atoms with Crippen LogP contribution in [0.15, 0.2) is 88.3 Å². The van der Waals surface area contributed by atoms with Crippen LogP contribution in [0.4, 0.5) is 5.69 Å². The molecule has 0 unspecified atom stereocenters. The van der Waals surface area contributed by atoms with E-state index in [0.717, 1.165) is 17.8 Å². The van der Waals surface area contributed by atoms with E-state index in [1.54, 1.807) is 6.07 Å². The van der Waals surface area contributed by atoms with E-state index in [0.29, 0.717) is 16.5 Å². The van der Waals surface area contributed by atoms with E-state index in [2.05, 4.69) is 17.4 Å². The molecule has 0 radical (unpaired) electrons. The molecule has 3 aromatic carbocycles. The fourth-order valence-corrected chi connectivity index (χ4v) is 2.88. The van der Waals surface area contributed by atoms with Gasteiger partial charge in [0, 0.05) is 18.3 Å². The van der Waals surface area contributed by atoms with Gasteiger partial charge in [0.15, 0.2) is 5.43 Å². The molecule has 4 heteroatoms. The standard InChI is InChI=1S/C22H17NO3/c24-18-10-11-19-21(12-18)26-14-20(22(19)25)16-6-8-17(9-7-16)23-13-15-4-2-1-3-5-15/h1-12,14,23-24H,13H2. The van der Waals surface area contributed by atoms with Crippen molar-refractivity contribution in [3.05, 3.63) is 94.8 Å². The molecule has 4 nitrogen and oxygen atoms in total. The second-order valence-corrected chi connectivity index (χ2v) is 6.08. The molecule has 0 amide bonds. The lowest BCUT2D eigenvalue weighted by Gasteiger charge is -2.08. The molecule has 0 aliphatic rings. The molecular weight excluding hydrogens is 326 g/mol. The predicted octanol–water partition coefficient (Wildman–Crippen LogP) is 4.78. The van der Waals surface area contributed by atoms with Gasteiger partial charge in [-0.1, -0.05) is 42.5 Å². The second-order valence-electron chi connectivity index (χ2n) is 6.08. The third-order valence-corrected chi connectivity index (χ3v) is 4.29. The van der Waals surface area contributed by atoms with Crippen molar-refractivity contribution in [1.29, 1.82) is 0 Å². The Bertz CT molecular complexity index is 1100. The van der Waals surface area contributed by atoms with Crippen LogP contribution in [0.3, 0.4) is 0 Å². The van der Waals surface area contributed by atoms with Gasteiger partial charge in [-0.05, 0) is 35.4 Å². The van der Waals surface area contributed by atoms with E-state index >= 15 is 0 Å². The molecule has 4 rings (SSSR count). The number of hydrogen-bond acceptors (Lipinski definition) is 4. The molecule has 0 aliphatic carbocycles. The minimum Gasteiger partial charge on any atom is -0.508 e. The first-order valence-corrected chi connectivity index (χ1v) is 8.33. The number of benzene rings is 3. The Morgan fingerprint density at radius 3 is 2.46 bits per heavy atom. The highest BCUT2D eigenvalue weighted by molar-refractivity contribution is 5.82. The zero-order valence-electron chi connectivity index (χ0n) is 14.0. The van der Waals surface area contributed by atoms with Crippen LogP contribution in [0.2, 0.25) is 0 Å². The lowest BCUT2D eigenvalue weighted by Crippen LogP contribution is -2.04. The summed E-state index contributed by atoms with van der Waals surface area (Å²) in [6.45, 7) is 0.738. The number of nitrogens with one attached hydrogen (secondary N) is 1. The Morgan fingerprint density at radius 2 is 1.69 bits per heavy atom. The molecule has 0 spiro atoms. The van der Waals surface area contributed by atoms with Gasteiger partial charge in [-0.25, -0.2) is 0 Å². The van der Waals surface area contributed by atoms with Crippen LogP contribution >= 0.6 is 0 Å². The van der Waals surface area contributed by atoms with Crippen LogP contribution in [0.1, 0.15) is 5.56 Å². The molecule has 0 bridgehead atoms. The predicted molar refractivity (Wildman–Crippen MR) is 103 cm³/mol. The largest absolute Gasteiger partial charge is 0.508 e. The van der Waals surface area contributed by atoms with E-state index in [-0.39, 0.29) is 11.2 Å². The van der Waals surface area contributed by atoms with Gasteiger partial charge in [0.25, 0.3) is 0 Å². The Hall–Kier alpha value is -3.53. The van der Waals surface area contributed by atoms with Gasteiger partial charge in [-0.15, -0.1) is 0 Å². The summed E-state index contributed by atoms with van der Waals surface area (Å²) in [6, 6.07) is 22.3. The monoisotopic (exact) mass is 343 g/mol. The summed E-state index contributed by atoms with van der Waals surface area (Å²) in [4.78, 5) is 12.7. The van der Waals surface area contributed by atoms with Crippen molar-refractivity contribution in [3.8, 4) is 16.9 Å². The zero-order valence-corrected chi connectivity index (χ0v) is 14.0. The lowest BCUT2D eigenvalue weighted by atomic mass is 10.1. The molecule has 0 saturated carbocycles. The van der Waals surface area contributed by atoms with E-state index in [9.17, 15) is 9.90 Å². The van der Waals surface area contributed by atoms with Gasteiger partial charge in [0.2, 0.25) is 0 Å². The summed E-state index contributed by atoms with van der Waals surface area (Å²) in [6.07, 6.45) is 1.44. The highest BCUT2D eigenvalue weighted by Gasteiger charge is 2.09. The van der Waals surface area contributed by atoms with E-state index in [1.165, 1.54) is 24.0 Å². The third kappa shape index (κ3) is 3.17. The van der Waals surface area contributed by atoms with Crippen molar-refractivity contribution in [1.82, 2.24) is 0 Å². The maximum Gasteiger partial charge on any atom is 0.200 e. The molecule has 1 aromatic heterocycles. The van der Waals surface area contributed by atoms with Crippen molar-refractivity contribution < 1.29 is 9.52 Å². The topological polar surface area (TPSA) is 62.5 Å². The molecule has 2 N–H and O–H groups in total. The summed E-state index contributed by atoms with van der Waals surface area (Å²) < 4.78 is 5.52. The normalized spacial score (nSPS) is 10.8. The molecule has 4 aromatic rings. The number of phenolic OH excluding ortho intramolecular Hbond substituents is 1. The van der Waals surface area contributed by atoms with Crippen molar-refractivity contribution >= 4 is 16.7 Å². The van der Waals surface area contributed by atoms with Gasteiger partial charge >= 0.3 is 0 Å². The molecule has 26 heavy (non-hydrogen) atoms. The first-order valence-electron chi connectivity index (χ1n) is 8.33. The maximum atomic E-state index is 12.7. The van der Waals surface area contributed by atoms with Crippen molar-refractivity contribution in [2.24, 2.45) is 0 Å². The average Bonchev–Trinajstić information content (AvgIpc) is 2.68. The number of fused-ring (bicyclic) bond motifs is 1. The summed E-state index contributed by atoms with van der Waals surface area (Å²) in [5, 5.41) is 13.3. The summed E-state index contributed by atoms with van der Waals surface area (Å²) in [5.74, 6) is 0.0715. The first kappa shape index (κ1) is 16.0. The Balaban J connectivity index is 1.59. The molecule has 0 fully saturated rings. The van der Waals surface area contributed by atoms with Crippen LogP contribution in [0.25, 0.3) is 22.1 Å². The minimum atomic E-state index is -0.115. The van der Waals surface area contributed by atoms with Gasteiger partial charge in [0.1, 0.15) is 17.6 Å². The SMILES string of the molecule is O=c1c(-c2ccc(NCc3ccccc3)cc2)coc2cc(O)ccc12. The fourth-order valence-electron chi connectivity index (χ4n) is 2.88. The lowest BCUT2D eigenvalue weighted by molar-refractivity contribution is 0.474. The fraction of sp³-hybridized carbons (Fsp3) is 0.0455. The van der Waals surface area contributed by atoms with E-state index < -0.39 is 0 Å². The number of aromatic hydroxyl groups is 1. The van der Waals surface area contributed by atoms with Crippen LogP contribution in [-0.4, -0.2) is 5.11 Å². The highest BCUT2D eigenvalue weighted by atomic mass is 16.3. The number of rotatable bonds is 4. The molecule has 0 atom stereocenters. The van der Waals surface area contributed by atoms with Crippen molar-refractivity contribution in [3.63, 3.8) is 0 Å². The number of phenols is 1. The van der Waals surface area contributed by atoms with Gasteiger partial charge in [-0.2, -0.15) is 0 Å². The summed E-state index contributed by atoms with van der Waals surface area (Å²) >= 11 is 0. The van der Waals surface area contributed by atoms with Crippen LogP contribution in [-0.2, 0) is 6.54 Å². The molecular formula is C22H17NO3. The van der Waals surface area contributed by atoms with Crippen molar-refractivity contribution in [2.45, 2.75) is 6.54 Å². The number of anilines is 1. The highest BCUT2D eigenvalue weighted by Crippen LogP contribution is 2.23. The van der Waals surface area contributed by atoms with Crippen LogP contribution < -0.4 is 10.7 Å². The quantitative estimate of drug-likeness (QED) is 0.560. The Morgan fingerprint density at radius 1 is 0.923 bits per heavy atom. The Kier molecular flexibility index (Phi) is 4.15. The van der Waals surface area contributed by atoms with Crippen molar-refractivity contribution in [2.75, 3.05) is 5.32 Å². The summed E-state index contributed by atoms with van der Waals surface area (Å²) in [7, 11) is 0. The molecule has 128 valence electrons. The smallest absolute Gasteiger partial charge is 0.200 e. The van der Waals surface area contributed by atoms with Gasteiger partial charge in [0.05, 0.1) is 10.9 Å². The maximum absolute atomic E-state index is 12.7. The average molecular weight is 343 g/mol. The minimum absolute atomic E-state index is 0.0715.